The minimum atomic E-state index is 0.447. The summed E-state index contributed by atoms with van der Waals surface area (Å²) in [6.07, 6.45) is 0. The minimum absolute atomic E-state index is 0.447. The maximum absolute atomic E-state index is 8.60. The predicted octanol–water partition coefficient (Wildman–Crippen LogP) is 4.18. The maximum Gasteiger partial charge on any atom is 0.113 e. The number of rotatable bonds is 3. The molecule has 0 bridgehead atoms. The minimum Gasteiger partial charge on any atom is -0.179 e. The molecule has 0 N–H and O–H groups in total. The lowest BCUT2D eigenvalue weighted by molar-refractivity contribution is 0.600. The Bertz CT molecular complexity index is 786. The van der Waals surface area contributed by atoms with E-state index in [0.717, 1.165) is 21.1 Å². The molecule has 0 saturated carbocycles. The Morgan fingerprint density at radius 2 is 1.85 bits per heavy atom. The SMILES string of the molecule is [N-]=[N+]=Nc1ccc(Br)cc1Cn1nc2ccccc2n1. The first kappa shape index (κ1) is 12.7. The van der Waals surface area contributed by atoms with Gasteiger partial charge in [0.05, 0.1) is 6.54 Å². The first-order valence-corrected chi connectivity index (χ1v) is 6.69. The van der Waals surface area contributed by atoms with Gasteiger partial charge in [0.2, 0.25) is 0 Å². The largest absolute Gasteiger partial charge is 0.179 e. The second-order valence-electron chi connectivity index (χ2n) is 4.18. The van der Waals surface area contributed by atoms with E-state index in [4.69, 9.17) is 5.53 Å². The molecular weight excluding hydrogens is 320 g/mol. The van der Waals surface area contributed by atoms with Gasteiger partial charge in [-0.05, 0) is 35.4 Å². The summed E-state index contributed by atoms with van der Waals surface area (Å²) in [5, 5.41) is 12.5. The van der Waals surface area contributed by atoms with Crippen molar-refractivity contribution < 1.29 is 0 Å². The third kappa shape index (κ3) is 2.49. The van der Waals surface area contributed by atoms with Crippen molar-refractivity contribution in [1.82, 2.24) is 15.0 Å². The quantitative estimate of drug-likeness (QED) is 0.410. The summed E-state index contributed by atoms with van der Waals surface area (Å²) in [6, 6.07) is 13.2. The molecule has 1 heterocycles. The highest BCUT2D eigenvalue weighted by molar-refractivity contribution is 9.10. The second-order valence-corrected chi connectivity index (χ2v) is 5.10. The fourth-order valence-electron chi connectivity index (χ4n) is 1.95. The van der Waals surface area contributed by atoms with Crippen LogP contribution in [0.2, 0.25) is 0 Å². The molecule has 7 heteroatoms. The molecule has 0 amide bonds. The average Bonchev–Trinajstić information content (AvgIpc) is 2.84. The van der Waals surface area contributed by atoms with Crippen LogP contribution in [0.1, 0.15) is 5.56 Å². The summed E-state index contributed by atoms with van der Waals surface area (Å²) in [5.41, 5.74) is 11.7. The summed E-state index contributed by atoms with van der Waals surface area (Å²) < 4.78 is 0.918. The van der Waals surface area contributed by atoms with Crippen molar-refractivity contribution in [1.29, 1.82) is 0 Å². The predicted molar refractivity (Wildman–Crippen MR) is 79.6 cm³/mol. The van der Waals surface area contributed by atoms with Gasteiger partial charge in [-0.3, -0.25) is 0 Å². The highest BCUT2D eigenvalue weighted by Gasteiger charge is 2.06. The van der Waals surface area contributed by atoms with E-state index < -0.39 is 0 Å². The van der Waals surface area contributed by atoms with Crippen molar-refractivity contribution in [3.8, 4) is 0 Å². The van der Waals surface area contributed by atoms with Crippen molar-refractivity contribution in [2.45, 2.75) is 6.54 Å². The van der Waals surface area contributed by atoms with Crippen LogP contribution >= 0.6 is 15.9 Å². The molecule has 20 heavy (non-hydrogen) atoms. The van der Waals surface area contributed by atoms with Crippen LogP contribution in [-0.4, -0.2) is 15.0 Å². The van der Waals surface area contributed by atoms with Crippen molar-refractivity contribution in [3.05, 3.63) is 62.9 Å². The Kier molecular flexibility index (Phi) is 3.37. The first-order valence-electron chi connectivity index (χ1n) is 5.89. The summed E-state index contributed by atoms with van der Waals surface area (Å²) in [5.74, 6) is 0. The van der Waals surface area contributed by atoms with Crippen LogP contribution in [0.4, 0.5) is 5.69 Å². The fraction of sp³-hybridized carbons (Fsp3) is 0.0769. The smallest absolute Gasteiger partial charge is 0.113 e. The maximum atomic E-state index is 8.60. The number of halogens is 1. The molecular formula is C13H9BrN6. The van der Waals surface area contributed by atoms with Crippen LogP contribution in [0.3, 0.4) is 0 Å². The monoisotopic (exact) mass is 328 g/mol. The fourth-order valence-corrected chi connectivity index (χ4v) is 2.36. The lowest BCUT2D eigenvalue weighted by atomic mass is 10.2. The first-order chi connectivity index (χ1) is 9.76. The van der Waals surface area contributed by atoms with Gasteiger partial charge in [0, 0.05) is 15.1 Å². The zero-order valence-electron chi connectivity index (χ0n) is 10.3. The van der Waals surface area contributed by atoms with Crippen molar-refractivity contribution in [2.24, 2.45) is 5.11 Å². The molecule has 0 fully saturated rings. The topological polar surface area (TPSA) is 79.5 Å². The van der Waals surface area contributed by atoms with E-state index >= 15 is 0 Å². The molecule has 0 saturated heterocycles. The molecule has 6 nitrogen and oxygen atoms in total. The highest BCUT2D eigenvalue weighted by Crippen LogP contribution is 2.24. The molecule has 98 valence electrons. The lowest BCUT2D eigenvalue weighted by Crippen LogP contribution is -2.03. The number of aromatic nitrogens is 3. The van der Waals surface area contributed by atoms with Gasteiger partial charge in [-0.25, -0.2) is 0 Å². The molecule has 1 aromatic heterocycles. The third-order valence-electron chi connectivity index (χ3n) is 2.83. The van der Waals surface area contributed by atoms with Gasteiger partial charge in [-0.2, -0.15) is 15.0 Å². The van der Waals surface area contributed by atoms with E-state index in [0.29, 0.717) is 12.2 Å². The average molecular weight is 329 g/mol. The molecule has 2 aromatic carbocycles. The number of benzene rings is 2. The molecule has 0 aliphatic rings. The summed E-state index contributed by atoms with van der Waals surface area (Å²) in [7, 11) is 0. The van der Waals surface area contributed by atoms with Crippen LogP contribution in [0, 0.1) is 0 Å². The molecule has 3 rings (SSSR count). The molecule has 0 unspecified atom stereocenters. The van der Waals surface area contributed by atoms with Crippen LogP contribution in [0.5, 0.6) is 0 Å². The Hall–Kier alpha value is -2.37. The van der Waals surface area contributed by atoms with Crippen molar-refractivity contribution >= 4 is 32.7 Å². The summed E-state index contributed by atoms with van der Waals surface area (Å²) in [6.45, 7) is 0.447. The number of azide groups is 1. The Morgan fingerprint density at radius 3 is 2.50 bits per heavy atom. The van der Waals surface area contributed by atoms with Crippen molar-refractivity contribution in [3.63, 3.8) is 0 Å². The molecule has 0 aliphatic heterocycles. The third-order valence-corrected chi connectivity index (χ3v) is 3.33. The molecule has 0 radical (unpaired) electrons. The number of fused-ring (bicyclic) bond motifs is 1. The normalized spacial score (nSPS) is 10.4. The molecule has 0 aliphatic carbocycles. The van der Waals surface area contributed by atoms with Crippen LogP contribution in [-0.2, 0) is 6.54 Å². The Balaban J connectivity index is 2.01. The molecule has 0 atom stereocenters. The van der Waals surface area contributed by atoms with Gasteiger partial charge in [0.25, 0.3) is 0 Å². The van der Waals surface area contributed by atoms with Crippen LogP contribution in [0.15, 0.2) is 52.1 Å². The zero-order chi connectivity index (χ0) is 13.9. The highest BCUT2D eigenvalue weighted by atomic mass is 79.9. The second kappa shape index (κ2) is 5.32. The molecule has 0 spiro atoms. The van der Waals surface area contributed by atoms with Gasteiger partial charge in [-0.1, -0.05) is 39.2 Å². The van der Waals surface area contributed by atoms with E-state index in [-0.39, 0.29) is 0 Å². The van der Waals surface area contributed by atoms with Gasteiger partial charge in [-0.15, -0.1) is 0 Å². The van der Waals surface area contributed by atoms with E-state index in [2.05, 4.69) is 36.2 Å². The number of hydrogen-bond donors (Lipinski definition) is 0. The summed E-state index contributed by atoms with van der Waals surface area (Å²) >= 11 is 3.41. The van der Waals surface area contributed by atoms with Gasteiger partial charge in [0.1, 0.15) is 11.0 Å². The van der Waals surface area contributed by atoms with E-state index in [1.165, 1.54) is 0 Å². The Morgan fingerprint density at radius 1 is 1.15 bits per heavy atom. The number of nitrogens with zero attached hydrogens (tertiary/aromatic N) is 6. The van der Waals surface area contributed by atoms with E-state index in [1.807, 2.05) is 36.4 Å². The standard InChI is InChI=1S/C13H9BrN6/c14-10-5-6-11(16-19-15)9(7-10)8-20-17-12-3-1-2-4-13(12)18-20/h1-7H,8H2. The van der Waals surface area contributed by atoms with Gasteiger partial charge < -0.3 is 0 Å². The van der Waals surface area contributed by atoms with Gasteiger partial charge in [0.15, 0.2) is 0 Å². The van der Waals surface area contributed by atoms with Crippen LogP contribution in [0.25, 0.3) is 21.5 Å². The van der Waals surface area contributed by atoms with E-state index in [1.54, 1.807) is 10.9 Å². The molecule has 3 aromatic rings. The number of hydrogen-bond acceptors (Lipinski definition) is 3. The Labute approximate surface area is 122 Å². The van der Waals surface area contributed by atoms with E-state index in [9.17, 15) is 0 Å². The lowest BCUT2D eigenvalue weighted by Gasteiger charge is -2.05. The summed E-state index contributed by atoms with van der Waals surface area (Å²) in [4.78, 5) is 4.44. The van der Waals surface area contributed by atoms with Gasteiger partial charge >= 0.3 is 0 Å². The van der Waals surface area contributed by atoms with Crippen LogP contribution < -0.4 is 0 Å². The zero-order valence-corrected chi connectivity index (χ0v) is 11.9. The van der Waals surface area contributed by atoms with Crippen molar-refractivity contribution in [2.75, 3.05) is 0 Å².